The maximum absolute atomic E-state index is 12.5. The number of rotatable bonds is 54. The number of unbranched alkanes of at least 4 members (excludes halogenated alkanes) is 43. The molecule has 6 nitrogen and oxygen atoms in total. The predicted octanol–water partition coefficient (Wildman–Crippen LogP) is 17.7. The Morgan fingerprint density at radius 3 is 1.06 bits per heavy atom. The number of ether oxygens (including phenoxy) is 1. The normalized spacial score (nSPS) is 12.6. The number of aliphatic hydroxyl groups is 2. The van der Waals surface area contributed by atoms with E-state index in [1.807, 2.05) is 6.08 Å². The summed E-state index contributed by atoms with van der Waals surface area (Å²) in [6, 6.07) is -0.630. The SMILES string of the molecule is CCCCCCCCCCCCCCCCCC/C=C/C(O)C(CO)NC(=O)CCCCCCCCCCCCCCCCCCCCOC(=O)CCCCCCCCCCCCC. The van der Waals surface area contributed by atoms with Gasteiger partial charge in [0.15, 0.2) is 0 Å². The second kappa shape index (κ2) is 54.2. The van der Waals surface area contributed by atoms with Gasteiger partial charge in [0, 0.05) is 12.8 Å². The summed E-state index contributed by atoms with van der Waals surface area (Å²) in [4.78, 5) is 24.5. The average molecular weight is 905 g/mol. The van der Waals surface area contributed by atoms with Gasteiger partial charge in [-0.25, -0.2) is 0 Å². The lowest BCUT2D eigenvalue weighted by atomic mass is 10.0. The van der Waals surface area contributed by atoms with Crippen molar-refractivity contribution in [3.8, 4) is 0 Å². The maximum atomic E-state index is 12.5. The van der Waals surface area contributed by atoms with Crippen molar-refractivity contribution in [1.82, 2.24) is 5.32 Å². The van der Waals surface area contributed by atoms with E-state index in [1.54, 1.807) is 6.08 Å². The van der Waals surface area contributed by atoms with Crippen LogP contribution >= 0.6 is 0 Å². The molecule has 64 heavy (non-hydrogen) atoms. The molecular weight excluding hydrogens is 791 g/mol. The van der Waals surface area contributed by atoms with Crippen molar-refractivity contribution in [2.24, 2.45) is 0 Å². The number of carbonyl (C=O) groups excluding carboxylic acids is 2. The van der Waals surface area contributed by atoms with Gasteiger partial charge < -0.3 is 20.3 Å². The Kier molecular flexibility index (Phi) is 53.0. The van der Waals surface area contributed by atoms with Gasteiger partial charge >= 0.3 is 5.97 Å². The molecule has 0 bridgehead atoms. The summed E-state index contributed by atoms with van der Waals surface area (Å²) >= 11 is 0. The number of carbonyl (C=O) groups is 2. The van der Waals surface area contributed by atoms with E-state index in [2.05, 4.69) is 19.2 Å². The summed E-state index contributed by atoms with van der Waals surface area (Å²) in [6.45, 7) is 4.91. The Hall–Kier alpha value is -1.40. The minimum Gasteiger partial charge on any atom is -0.466 e. The van der Waals surface area contributed by atoms with E-state index < -0.39 is 12.1 Å². The highest BCUT2D eigenvalue weighted by Gasteiger charge is 2.18. The smallest absolute Gasteiger partial charge is 0.305 e. The molecular formula is C58H113NO5. The number of hydrogen-bond acceptors (Lipinski definition) is 5. The minimum atomic E-state index is -0.846. The largest absolute Gasteiger partial charge is 0.466 e. The van der Waals surface area contributed by atoms with E-state index in [1.165, 1.54) is 257 Å². The average Bonchev–Trinajstić information content (AvgIpc) is 3.29. The first-order chi connectivity index (χ1) is 31.5. The van der Waals surface area contributed by atoms with Crippen molar-refractivity contribution in [3.05, 3.63) is 12.2 Å². The number of aliphatic hydroxyl groups excluding tert-OH is 2. The molecule has 0 aliphatic carbocycles. The fourth-order valence-electron chi connectivity index (χ4n) is 9.11. The van der Waals surface area contributed by atoms with Crippen LogP contribution in [-0.2, 0) is 14.3 Å². The molecule has 2 atom stereocenters. The molecule has 6 heteroatoms. The second-order valence-corrected chi connectivity index (χ2v) is 20.0. The Morgan fingerprint density at radius 2 is 0.719 bits per heavy atom. The predicted molar refractivity (Wildman–Crippen MR) is 278 cm³/mol. The maximum Gasteiger partial charge on any atom is 0.305 e. The fraction of sp³-hybridized carbons (Fsp3) is 0.931. The highest BCUT2D eigenvalue weighted by atomic mass is 16.5. The topological polar surface area (TPSA) is 95.9 Å². The van der Waals surface area contributed by atoms with Gasteiger partial charge in [-0.15, -0.1) is 0 Å². The van der Waals surface area contributed by atoms with Gasteiger partial charge in [-0.1, -0.05) is 289 Å². The summed E-state index contributed by atoms with van der Waals surface area (Å²) in [5.74, 6) is -0.0625. The Labute approximate surface area is 399 Å². The molecule has 0 aromatic rings. The molecule has 2 unspecified atom stereocenters. The van der Waals surface area contributed by atoms with Crippen LogP contribution in [0, 0.1) is 0 Å². The lowest BCUT2D eigenvalue weighted by Gasteiger charge is -2.20. The molecule has 0 fully saturated rings. The van der Waals surface area contributed by atoms with Gasteiger partial charge in [-0.2, -0.15) is 0 Å². The second-order valence-electron chi connectivity index (χ2n) is 20.0. The first-order valence-electron chi connectivity index (χ1n) is 29.0. The minimum absolute atomic E-state index is 0.00669. The third-order valence-electron chi connectivity index (χ3n) is 13.6. The summed E-state index contributed by atoms with van der Waals surface area (Å²) in [7, 11) is 0. The van der Waals surface area contributed by atoms with Crippen molar-refractivity contribution in [2.75, 3.05) is 13.2 Å². The van der Waals surface area contributed by atoms with E-state index in [0.717, 1.165) is 38.5 Å². The molecule has 0 rings (SSSR count). The molecule has 0 saturated carbocycles. The molecule has 380 valence electrons. The lowest BCUT2D eigenvalue weighted by Crippen LogP contribution is -2.45. The van der Waals surface area contributed by atoms with Crippen molar-refractivity contribution in [1.29, 1.82) is 0 Å². The van der Waals surface area contributed by atoms with Crippen molar-refractivity contribution >= 4 is 11.9 Å². The number of allylic oxidation sites excluding steroid dienone is 1. The number of amides is 1. The third kappa shape index (κ3) is 50.0. The zero-order valence-corrected chi connectivity index (χ0v) is 43.3. The Morgan fingerprint density at radius 1 is 0.422 bits per heavy atom. The van der Waals surface area contributed by atoms with Crippen molar-refractivity contribution < 1.29 is 24.5 Å². The summed E-state index contributed by atoms with van der Waals surface area (Å²) in [6.07, 6.45) is 63.7. The third-order valence-corrected chi connectivity index (χ3v) is 13.6. The number of esters is 1. The van der Waals surface area contributed by atoms with E-state index >= 15 is 0 Å². The molecule has 3 N–H and O–H groups in total. The highest BCUT2D eigenvalue weighted by Crippen LogP contribution is 2.17. The molecule has 0 aromatic carbocycles. The quantitative estimate of drug-likeness (QED) is 0.0321. The first-order valence-corrected chi connectivity index (χ1v) is 29.0. The van der Waals surface area contributed by atoms with Crippen LogP contribution in [0.2, 0.25) is 0 Å². The lowest BCUT2D eigenvalue weighted by molar-refractivity contribution is -0.143. The van der Waals surface area contributed by atoms with Gasteiger partial charge in [0.25, 0.3) is 0 Å². The Balaban J connectivity index is 3.44. The summed E-state index contributed by atoms with van der Waals surface area (Å²) in [5, 5.41) is 23.1. The van der Waals surface area contributed by atoms with Crippen LogP contribution < -0.4 is 5.32 Å². The molecule has 0 spiro atoms. The fourth-order valence-corrected chi connectivity index (χ4v) is 9.11. The van der Waals surface area contributed by atoms with Crippen LogP contribution in [0.3, 0.4) is 0 Å². The van der Waals surface area contributed by atoms with E-state index in [9.17, 15) is 19.8 Å². The van der Waals surface area contributed by atoms with Gasteiger partial charge in [0.1, 0.15) is 0 Å². The van der Waals surface area contributed by atoms with Gasteiger partial charge in [0.05, 0.1) is 25.4 Å². The zero-order chi connectivity index (χ0) is 46.5. The molecule has 0 aliphatic rings. The molecule has 0 aliphatic heterocycles. The van der Waals surface area contributed by atoms with Crippen LogP contribution in [0.5, 0.6) is 0 Å². The van der Waals surface area contributed by atoms with Crippen LogP contribution in [0.15, 0.2) is 12.2 Å². The van der Waals surface area contributed by atoms with Crippen LogP contribution in [-0.4, -0.2) is 47.4 Å². The molecule has 1 amide bonds. The van der Waals surface area contributed by atoms with Gasteiger partial charge in [-0.3, -0.25) is 9.59 Å². The molecule has 0 radical (unpaired) electrons. The summed E-state index contributed by atoms with van der Waals surface area (Å²) < 4.78 is 5.46. The van der Waals surface area contributed by atoms with Crippen LogP contribution in [0.1, 0.15) is 322 Å². The number of hydrogen-bond donors (Lipinski definition) is 3. The van der Waals surface area contributed by atoms with Gasteiger partial charge in [-0.05, 0) is 32.1 Å². The first kappa shape index (κ1) is 62.6. The summed E-state index contributed by atoms with van der Waals surface area (Å²) in [5.41, 5.74) is 0. The molecule has 0 saturated heterocycles. The van der Waals surface area contributed by atoms with Crippen LogP contribution in [0.4, 0.5) is 0 Å². The Bertz CT molecular complexity index is 955. The van der Waals surface area contributed by atoms with E-state index in [4.69, 9.17) is 4.74 Å². The molecule has 0 heterocycles. The van der Waals surface area contributed by atoms with Crippen LogP contribution in [0.25, 0.3) is 0 Å². The van der Waals surface area contributed by atoms with Crippen molar-refractivity contribution in [3.63, 3.8) is 0 Å². The van der Waals surface area contributed by atoms with E-state index in [-0.39, 0.29) is 18.5 Å². The van der Waals surface area contributed by atoms with E-state index in [0.29, 0.717) is 19.4 Å². The van der Waals surface area contributed by atoms with Gasteiger partial charge in [0.2, 0.25) is 5.91 Å². The van der Waals surface area contributed by atoms with Crippen molar-refractivity contribution in [2.45, 2.75) is 334 Å². The standard InChI is InChI=1S/C58H113NO5/c1-3-5-7-9-11-13-15-16-17-18-21-24-27-31-34-38-42-46-50-56(61)55(54-60)59-57(62)51-47-43-39-35-32-28-25-22-19-20-23-26-29-33-37-41-45-49-53-64-58(63)52-48-44-40-36-30-14-12-10-8-6-4-2/h46,50,55-56,60-61H,3-45,47-49,51-54H2,1-2H3,(H,59,62)/b50-46+. The molecule has 0 aromatic heterocycles. The monoisotopic (exact) mass is 904 g/mol. The zero-order valence-electron chi connectivity index (χ0n) is 43.3. The highest BCUT2D eigenvalue weighted by molar-refractivity contribution is 5.76. The number of nitrogens with one attached hydrogen (secondary N) is 1.